The van der Waals surface area contributed by atoms with Crippen LogP contribution in [0.5, 0.6) is 17.2 Å². The van der Waals surface area contributed by atoms with E-state index in [-0.39, 0.29) is 16.4 Å². The molecule has 31 heavy (non-hydrogen) atoms. The number of hydrogen-bond acceptors (Lipinski definition) is 6. The second kappa shape index (κ2) is 9.86. The molecule has 6 nitrogen and oxygen atoms in total. The predicted molar refractivity (Wildman–Crippen MR) is 124 cm³/mol. The molecule has 3 aromatic carbocycles. The van der Waals surface area contributed by atoms with Gasteiger partial charge in [-0.1, -0.05) is 18.2 Å². The van der Waals surface area contributed by atoms with Gasteiger partial charge >= 0.3 is 0 Å². The zero-order valence-electron chi connectivity index (χ0n) is 17.1. The van der Waals surface area contributed by atoms with Crippen molar-refractivity contribution in [3.63, 3.8) is 0 Å². The van der Waals surface area contributed by atoms with E-state index in [0.717, 1.165) is 0 Å². The average molecular weight is 437 g/mol. The Labute approximate surface area is 182 Å². The predicted octanol–water partition coefficient (Wildman–Crippen LogP) is 4.96. The topological polar surface area (TPSA) is 105 Å². The second-order valence-electron chi connectivity index (χ2n) is 6.63. The highest BCUT2D eigenvalue weighted by atomic mass is 32.2. The fourth-order valence-electron chi connectivity index (χ4n) is 2.79. The molecule has 0 amide bonds. The number of anilines is 2. The monoisotopic (exact) mass is 436 g/mol. The van der Waals surface area contributed by atoms with Crippen LogP contribution in [0.3, 0.4) is 0 Å². The lowest BCUT2D eigenvalue weighted by atomic mass is 10.3. The molecular formula is C24H24N2O4S. The van der Waals surface area contributed by atoms with Crippen LogP contribution in [0.2, 0.25) is 0 Å². The van der Waals surface area contributed by atoms with E-state index in [2.05, 4.69) is 0 Å². The molecule has 0 aliphatic heterocycles. The number of sulfone groups is 1. The minimum absolute atomic E-state index is 0.168. The lowest BCUT2D eigenvalue weighted by Gasteiger charge is -2.09. The Morgan fingerprint density at radius 3 is 2.10 bits per heavy atom. The van der Waals surface area contributed by atoms with Crippen molar-refractivity contribution in [2.45, 2.75) is 11.8 Å². The lowest BCUT2D eigenvalue weighted by molar-refractivity contribution is 0.363. The van der Waals surface area contributed by atoms with Gasteiger partial charge in [-0.3, -0.25) is 0 Å². The minimum Gasteiger partial charge on any atom is -0.489 e. The highest BCUT2D eigenvalue weighted by Crippen LogP contribution is 2.27. The Bertz CT molecular complexity index is 1200. The van der Waals surface area contributed by atoms with Gasteiger partial charge in [0.1, 0.15) is 23.9 Å². The van der Waals surface area contributed by atoms with E-state index in [1.54, 1.807) is 79.7 Å². The third-order valence-electron chi connectivity index (χ3n) is 4.31. The van der Waals surface area contributed by atoms with E-state index < -0.39 is 9.84 Å². The zero-order valence-corrected chi connectivity index (χ0v) is 17.9. The van der Waals surface area contributed by atoms with Crippen LogP contribution < -0.4 is 20.9 Å². The summed E-state index contributed by atoms with van der Waals surface area (Å²) >= 11 is 0. The summed E-state index contributed by atoms with van der Waals surface area (Å²) in [6.45, 7) is 1.89. The minimum atomic E-state index is -3.68. The second-order valence-corrected chi connectivity index (χ2v) is 8.58. The summed E-state index contributed by atoms with van der Waals surface area (Å²) in [4.78, 5) is 0.343. The summed E-state index contributed by atoms with van der Waals surface area (Å²) in [6.07, 6.45) is 4.72. The molecule has 3 aromatic rings. The van der Waals surface area contributed by atoms with Crippen LogP contribution in [0.25, 0.3) is 0 Å². The van der Waals surface area contributed by atoms with Crippen LogP contribution in [0, 0.1) is 0 Å². The molecule has 160 valence electrons. The molecule has 0 spiro atoms. The molecule has 0 aliphatic rings. The summed E-state index contributed by atoms with van der Waals surface area (Å²) < 4.78 is 37.2. The molecule has 0 unspecified atom stereocenters. The highest BCUT2D eigenvalue weighted by molar-refractivity contribution is 7.95. The number of allylic oxidation sites excluding steroid dienone is 2. The molecule has 0 radical (unpaired) electrons. The lowest BCUT2D eigenvalue weighted by Crippen LogP contribution is -2.04. The van der Waals surface area contributed by atoms with E-state index in [1.807, 2.05) is 0 Å². The molecule has 0 heterocycles. The van der Waals surface area contributed by atoms with Gasteiger partial charge in [-0.15, -0.1) is 0 Å². The van der Waals surface area contributed by atoms with Crippen molar-refractivity contribution in [2.24, 2.45) is 0 Å². The summed E-state index contributed by atoms with van der Waals surface area (Å²) in [5.41, 5.74) is 12.6. The van der Waals surface area contributed by atoms with Gasteiger partial charge in [0.25, 0.3) is 0 Å². The van der Waals surface area contributed by atoms with Crippen LogP contribution in [-0.4, -0.2) is 15.0 Å². The smallest absolute Gasteiger partial charge is 0.206 e. The maximum Gasteiger partial charge on any atom is 0.206 e. The van der Waals surface area contributed by atoms with Gasteiger partial charge in [-0.25, -0.2) is 8.42 Å². The Morgan fingerprint density at radius 2 is 1.48 bits per heavy atom. The van der Waals surface area contributed by atoms with E-state index in [4.69, 9.17) is 20.9 Å². The number of hydrogen-bond donors (Lipinski definition) is 2. The van der Waals surface area contributed by atoms with Crippen molar-refractivity contribution in [1.29, 1.82) is 0 Å². The van der Waals surface area contributed by atoms with Crippen LogP contribution in [0.1, 0.15) is 6.92 Å². The third kappa shape index (κ3) is 5.90. The van der Waals surface area contributed by atoms with E-state index in [0.29, 0.717) is 28.6 Å². The summed E-state index contributed by atoms with van der Waals surface area (Å²) in [6, 6.07) is 20.3. The van der Waals surface area contributed by atoms with E-state index in [9.17, 15) is 8.42 Å². The van der Waals surface area contributed by atoms with Crippen molar-refractivity contribution in [3.05, 3.63) is 95.9 Å². The number of nitrogens with two attached hydrogens (primary N) is 2. The maximum atomic E-state index is 13.0. The number of nitrogen functional groups attached to an aromatic ring is 2. The van der Waals surface area contributed by atoms with Crippen LogP contribution in [0.15, 0.2) is 101 Å². The van der Waals surface area contributed by atoms with Gasteiger partial charge in [0.15, 0.2) is 0 Å². The Hall–Kier alpha value is -3.71. The van der Waals surface area contributed by atoms with Crippen LogP contribution in [-0.2, 0) is 9.84 Å². The molecule has 0 bridgehead atoms. The maximum absolute atomic E-state index is 13.0. The van der Waals surface area contributed by atoms with E-state index in [1.165, 1.54) is 18.2 Å². The molecule has 0 aliphatic carbocycles. The van der Waals surface area contributed by atoms with Crippen molar-refractivity contribution in [2.75, 3.05) is 18.1 Å². The fraction of sp³-hybridized carbons (Fsp3) is 0.0833. The third-order valence-corrected chi connectivity index (χ3v) is 6.19. The first-order chi connectivity index (χ1) is 14.9. The van der Waals surface area contributed by atoms with Crippen molar-refractivity contribution in [3.8, 4) is 17.2 Å². The molecule has 0 atom stereocenters. The normalized spacial score (nSPS) is 12.1. The Balaban J connectivity index is 1.67. The Morgan fingerprint density at radius 1 is 0.871 bits per heavy atom. The molecule has 7 heteroatoms. The molecule has 0 saturated carbocycles. The fourth-order valence-corrected chi connectivity index (χ4v) is 4.14. The van der Waals surface area contributed by atoms with Crippen molar-refractivity contribution >= 4 is 21.2 Å². The summed E-state index contributed by atoms with van der Waals surface area (Å²) in [5.74, 6) is 1.70. The van der Waals surface area contributed by atoms with Crippen molar-refractivity contribution in [1.82, 2.24) is 0 Å². The molecule has 0 aromatic heterocycles. The summed E-state index contributed by atoms with van der Waals surface area (Å²) in [7, 11) is -3.68. The number of rotatable bonds is 8. The SMILES string of the molecule is C/C=C(\C=C/COc1cccc(N)c1)S(=O)(=O)c1ccc(Oc2cccc(N)c2)cc1. The largest absolute Gasteiger partial charge is 0.489 e. The first-order valence-electron chi connectivity index (χ1n) is 9.58. The average Bonchev–Trinajstić information content (AvgIpc) is 2.74. The highest BCUT2D eigenvalue weighted by Gasteiger charge is 2.18. The van der Waals surface area contributed by atoms with Gasteiger partial charge in [0.05, 0.1) is 9.80 Å². The van der Waals surface area contributed by atoms with Gasteiger partial charge in [0, 0.05) is 23.5 Å². The standard InChI is InChI=1S/C24H24N2O4S/c1-2-23(10-5-15-29-21-8-3-6-18(25)16-21)31(27,28)24-13-11-20(12-14-24)30-22-9-4-7-19(26)17-22/h2-14,16-17H,15,25-26H2,1H3/b10-5-,23-2+. The molecular weight excluding hydrogens is 412 g/mol. The molecule has 0 fully saturated rings. The quantitative estimate of drug-likeness (QED) is 0.382. The first kappa shape index (κ1) is 22.0. The van der Waals surface area contributed by atoms with Gasteiger partial charge in [-0.05, 0) is 67.6 Å². The van der Waals surface area contributed by atoms with Crippen LogP contribution in [0.4, 0.5) is 11.4 Å². The molecule has 0 saturated heterocycles. The van der Waals surface area contributed by atoms with Gasteiger partial charge in [-0.2, -0.15) is 0 Å². The van der Waals surface area contributed by atoms with Gasteiger partial charge < -0.3 is 20.9 Å². The number of ether oxygens (including phenoxy) is 2. The van der Waals surface area contributed by atoms with Crippen LogP contribution >= 0.6 is 0 Å². The van der Waals surface area contributed by atoms with Gasteiger partial charge in [0.2, 0.25) is 9.84 Å². The summed E-state index contributed by atoms with van der Waals surface area (Å²) in [5, 5.41) is 0. The van der Waals surface area contributed by atoms with Crippen molar-refractivity contribution < 1.29 is 17.9 Å². The first-order valence-corrected chi connectivity index (χ1v) is 11.1. The molecule has 4 N–H and O–H groups in total. The molecule has 3 rings (SSSR count). The van der Waals surface area contributed by atoms with E-state index >= 15 is 0 Å². The number of benzene rings is 3. The Kier molecular flexibility index (Phi) is 6.99. The zero-order chi connectivity index (χ0) is 22.3.